The molecule has 1 atom stereocenters. The van der Waals surface area contributed by atoms with Gasteiger partial charge in [-0.2, -0.15) is 5.10 Å². The Bertz CT molecular complexity index is 1380. The smallest absolute Gasteiger partial charge is 0.171 e. The molecule has 2 aromatic heterocycles. The molecule has 0 amide bonds. The molecule has 0 saturated heterocycles. The SMILES string of the molecule is CCN(C)CCn1cc(C(=O)C2COc3ccc(OC)cc3C2)c2ccc(-c3cn[nH]c3Cl)cc21. The first-order valence-electron chi connectivity index (χ1n) is 11.8. The Balaban J connectivity index is 1.51. The van der Waals surface area contributed by atoms with Crippen LogP contribution in [0.15, 0.2) is 48.8 Å². The maximum atomic E-state index is 13.8. The standard InChI is InChI=1S/C27H29ClN4O3/c1-4-31(2)9-10-32-15-23(21-7-5-17(13-24(21)32)22-14-29-30-27(22)28)26(33)19-11-18-12-20(34-3)6-8-25(18)35-16-19/h5-8,12-15,19H,4,9-11,16H2,1-3H3,(H,29,30). The first-order chi connectivity index (χ1) is 17.0. The number of aromatic nitrogens is 3. The van der Waals surface area contributed by atoms with Crippen LogP contribution >= 0.6 is 11.6 Å². The third-order valence-electron chi connectivity index (χ3n) is 6.86. The van der Waals surface area contributed by atoms with Crippen molar-refractivity contribution in [3.63, 3.8) is 0 Å². The Morgan fingerprint density at radius 3 is 2.91 bits per heavy atom. The number of carbonyl (C=O) groups excluding carboxylic acids is 1. The minimum absolute atomic E-state index is 0.0974. The maximum absolute atomic E-state index is 13.8. The number of hydrogen-bond acceptors (Lipinski definition) is 5. The minimum Gasteiger partial charge on any atom is -0.497 e. The Kier molecular flexibility index (Phi) is 6.54. The third-order valence-corrected chi connectivity index (χ3v) is 7.15. The van der Waals surface area contributed by atoms with E-state index < -0.39 is 0 Å². The monoisotopic (exact) mass is 492 g/mol. The maximum Gasteiger partial charge on any atom is 0.171 e. The Morgan fingerprint density at radius 1 is 1.31 bits per heavy atom. The normalized spacial score (nSPS) is 15.3. The molecule has 1 aliphatic rings. The van der Waals surface area contributed by atoms with Gasteiger partial charge < -0.3 is 18.9 Å². The second-order valence-electron chi connectivity index (χ2n) is 9.01. The van der Waals surface area contributed by atoms with Crippen molar-refractivity contribution < 1.29 is 14.3 Å². The molecule has 7 nitrogen and oxygen atoms in total. The van der Waals surface area contributed by atoms with Crippen LogP contribution < -0.4 is 9.47 Å². The van der Waals surface area contributed by atoms with E-state index >= 15 is 0 Å². The fraction of sp³-hybridized carbons (Fsp3) is 0.333. The number of ether oxygens (including phenoxy) is 2. The summed E-state index contributed by atoms with van der Waals surface area (Å²) < 4.78 is 13.5. The highest BCUT2D eigenvalue weighted by Crippen LogP contribution is 2.35. The Hall–Kier alpha value is -3.29. The lowest BCUT2D eigenvalue weighted by Gasteiger charge is -2.24. The fourth-order valence-corrected chi connectivity index (χ4v) is 4.84. The Morgan fingerprint density at radius 2 is 2.17 bits per heavy atom. The predicted octanol–water partition coefficient (Wildman–Crippen LogP) is 5.08. The van der Waals surface area contributed by atoms with Gasteiger partial charge in [-0.15, -0.1) is 0 Å². The van der Waals surface area contributed by atoms with E-state index in [4.69, 9.17) is 21.1 Å². The van der Waals surface area contributed by atoms with Gasteiger partial charge in [0.25, 0.3) is 0 Å². The first-order valence-corrected chi connectivity index (χ1v) is 12.2. The summed E-state index contributed by atoms with van der Waals surface area (Å²) in [6.07, 6.45) is 4.34. The van der Waals surface area contributed by atoms with E-state index in [-0.39, 0.29) is 11.7 Å². The molecule has 0 radical (unpaired) electrons. The minimum atomic E-state index is -0.255. The molecule has 1 unspecified atom stereocenters. The van der Waals surface area contributed by atoms with Gasteiger partial charge in [0.05, 0.1) is 25.8 Å². The highest BCUT2D eigenvalue weighted by atomic mass is 35.5. The highest BCUT2D eigenvalue weighted by molar-refractivity contribution is 6.32. The summed E-state index contributed by atoms with van der Waals surface area (Å²) in [7, 11) is 3.74. The van der Waals surface area contributed by atoms with E-state index in [1.165, 1.54) is 0 Å². The molecule has 4 aromatic rings. The van der Waals surface area contributed by atoms with Gasteiger partial charge in [0.15, 0.2) is 5.78 Å². The number of benzene rings is 2. The van der Waals surface area contributed by atoms with Gasteiger partial charge in [0, 0.05) is 41.3 Å². The zero-order valence-corrected chi connectivity index (χ0v) is 20.9. The number of ketones is 1. The molecule has 35 heavy (non-hydrogen) atoms. The van der Waals surface area contributed by atoms with Crippen molar-refractivity contribution in [1.82, 2.24) is 19.7 Å². The van der Waals surface area contributed by atoms with E-state index in [1.54, 1.807) is 13.3 Å². The molecule has 0 saturated carbocycles. The molecule has 1 N–H and O–H groups in total. The Labute approximate surface area is 209 Å². The zero-order valence-electron chi connectivity index (χ0n) is 20.2. The second kappa shape index (κ2) is 9.76. The number of likely N-dealkylation sites (N-methyl/N-ethyl adjacent to an activating group) is 1. The lowest BCUT2D eigenvalue weighted by Crippen LogP contribution is -2.28. The van der Waals surface area contributed by atoms with E-state index in [2.05, 4.69) is 39.7 Å². The van der Waals surface area contributed by atoms with Gasteiger partial charge in [0.1, 0.15) is 16.7 Å². The van der Waals surface area contributed by atoms with Crippen molar-refractivity contribution >= 4 is 28.3 Å². The molecule has 0 fully saturated rings. The van der Waals surface area contributed by atoms with Crippen LogP contribution in [-0.2, 0) is 13.0 Å². The van der Waals surface area contributed by atoms with Crippen molar-refractivity contribution in [3.05, 3.63) is 65.1 Å². The molecule has 8 heteroatoms. The van der Waals surface area contributed by atoms with Crippen LogP contribution in [0.25, 0.3) is 22.0 Å². The number of fused-ring (bicyclic) bond motifs is 2. The van der Waals surface area contributed by atoms with E-state index in [0.717, 1.165) is 64.3 Å². The van der Waals surface area contributed by atoms with Crippen LogP contribution in [0.3, 0.4) is 0 Å². The van der Waals surface area contributed by atoms with Crippen molar-refractivity contribution in [2.75, 3.05) is 33.9 Å². The number of nitrogens with zero attached hydrogens (tertiary/aromatic N) is 3. The number of hydrogen-bond donors (Lipinski definition) is 1. The molecule has 0 bridgehead atoms. The van der Waals surface area contributed by atoms with Gasteiger partial charge in [0.2, 0.25) is 0 Å². The quantitative estimate of drug-likeness (QED) is 0.347. The van der Waals surface area contributed by atoms with E-state index in [0.29, 0.717) is 18.2 Å². The topological polar surface area (TPSA) is 72.4 Å². The van der Waals surface area contributed by atoms with Crippen LogP contribution in [0.4, 0.5) is 0 Å². The predicted molar refractivity (Wildman–Crippen MR) is 138 cm³/mol. The highest BCUT2D eigenvalue weighted by Gasteiger charge is 2.29. The van der Waals surface area contributed by atoms with Crippen molar-refractivity contribution in [3.8, 4) is 22.6 Å². The molecular weight excluding hydrogens is 464 g/mol. The number of rotatable bonds is 8. The number of methoxy groups -OCH3 is 1. The van der Waals surface area contributed by atoms with Crippen LogP contribution in [0, 0.1) is 5.92 Å². The van der Waals surface area contributed by atoms with Crippen molar-refractivity contribution in [1.29, 1.82) is 0 Å². The summed E-state index contributed by atoms with van der Waals surface area (Å²) in [5.74, 6) is 1.43. The molecule has 1 aliphatic heterocycles. The van der Waals surface area contributed by atoms with Gasteiger partial charge >= 0.3 is 0 Å². The summed E-state index contributed by atoms with van der Waals surface area (Å²) in [5, 5.41) is 8.27. The summed E-state index contributed by atoms with van der Waals surface area (Å²) >= 11 is 6.30. The van der Waals surface area contributed by atoms with Crippen LogP contribution in [0.1, 0.15) is 22.8 Å². The molecule has 3 heterocycles. The number of nitrogens with one attached hydrogen (secondary N) is 1. The van der Waals surface area contributed by atoms with Crippen molar-refractivity contribution in [2.24, 2.45) is 5.92 Å². The lowest BCUT2D eigenvalue weighted by atomic mass is 9.89. The molecule has 2 aromatic carbocycles. The fourth-order valence-electron chi connectivity index (χ4n) is 4.64. The number of aromatic amines is 1. The van der Waals surface area contributed by atoms with Crippen LogP contribution in [0.2, 0.25) is 5.15 Å². The lowest BCUT2D eigenvalue weighted by molar-refractivity contribution is 0.0856. The average Bonchev–Trinajstić information content (AvgIpc) is 3.48. The molecule has 5 rings (SSSR count). The molecule has 0 spiro atoms. The largest absolute Gasteiger partial charge is 0.497 e. The van der Waals surface area contributed by atoms with Gasteiger partial charge in [-0.1, -0.05) is 30.7 Å². The van der Waals surface area contributed by atoms with Crippen LogP contribution in [-0.4, -0.2) is 59.3 Å². The third kappa shape index (κ3) is 4.54. The van der Waals surface area contributed by atoms with Gasteiger partial charge in [-0.3, -0.25) is 9.89 Å². The number of H-pyrrole nitrogens is 1. The average molecular weight is 493 g/mol. The van der Waals surface area contributed by atoms with Gasteiger partial charge in [-0.25, -0.2) is 0 Å². The second-order valence-corrected chi connectivity index (χ2v) is 9.39. The first kappa shape index (κ1) is 23.5. The summed E-state index contributed by atoms with van der Waals surface area (Å²) in [6.45, 7) is 5.12. The number of carbonyl (C=O) groups is 1. The molecule has 182 valence electrons. The van der Waals surface area contributed by atoms with E-state index in [9.17, 15) is 4.79 Å². The number of Topliss-reactive ketones (excluding diaryl/α,β-unsaturated/α-hetero) is 1. The summed E-state index contributed by atoms with van der Waals surface area (Å²) in [5.41, 5.74) is 4.53. The zero-order chi connectivity index (χ0) is 24.5. The molecule has 0 aliphatic carbocycles. The summed E-state index contributed by atoms with van der Waals surface area (Å²) in [4.78, 5) is 16.0. The molecular formula is C27H29ClN4O3. The van der Waals surface area contributed by atoms with E-state index in [1.807, 2.05) is 36.5 Å². The van der Waals surface area contributed by atoms with Crippen LogP contribution in [0.5, 0.6) is 11.5 Å². The summed E-state index contributed by atoms with van der Waals surface area (Å²) in [6, 6.07) is 11.9. The van der Waals surface area contributed by atoms with Crippen molar-refractivity contribution in [2.45, 2.75) is 19.9 Å². The van der Waals surface area contributed by atoms with Gasteiger partial charge in [-0.05, 0) is 55.4 Å². The number of halogens is 1.